The quantitative estimate of drug-likeness (QED) is 0.747. The Hall–Kier alpha value is -1.62. The van der Waals surface area contributed by atoms with Crippen LogP contribution < -0.4 is 10.8 Å². The Balaban J connectivity index is 3.27. The predicted molar refractivity (Wildman–Crippen MR) is 57.5 cm³/mol. The average Bonchev–Trinajstić information content (AvgIpc) is 2.19. The van der Waals surface area contributed by atoms with E-state index in [1.807, 2.05) is 13.8 Å². The minimum atomic E-state index is -0.494. The summed E-state index contributed by atoms with van der Waals surface area (Å²) in [5.74, 6) is -0.0291. The number of nitrogens with zero attached hydrogens (tertiary/aromatic N) is 2. The van der Waals surface area contributed by atoms with E-state index < -0.39 is 5.91 Å². The molecule has 15 heavy (non-hydrogen) atoms. The maximum Gasteiger partial charge on any atom is 0.252 e. The lowest BCUT2D eigenvalue weighted by atomic mass is 10.1. The molecule has 0 unspecified atom stereocenters. The highest BCUT2D eigenvalue weighted by molar-refractivity contribution is 5.99. The molecule has 1 amide bonds. The number of carbonyl (C=O) groups is 1. The summed E-state index contributed by atoms with van der Waals surface area (Å²) in [5.41, 5.74) is 6.50. The van der Waals surface area contributed by atoms with Gasteiger partial charge in [-0.1, -0.05) is 0 Å². The molecule has 0 bridgehead atoms. The van der Waals surface area contributed by atoms with Crippen molar-refractivity contribution in [2.75, 3.05) is 18.7 Å². The van der Waals surface area contributed by atoms with Gasteiger partial charge in [0.15, 0.2) is 5.82 Å². The maximum absolute atomic E-state index is 11.3. The van der Waals surface area contributed by atoms with E-state index in [9.17, 15) is 4.79 Å². The first-order valence-electron chi connectivity index (χ1n) is 4.68. The van der Waals surface area contributed by atoms with Crippen LogP contribution in [0.5, 0.6) is 0 Å². The van der Waals surface area contributed by atoms with Crippen molar-refractivity contribution in [2.24, 2.45) is 5.73 Å². The number of nitrogens with two attached hydrogens (primary N) is 1. The number of hydrogen-bond donors (Lipinski definition) is 1. The smallest absolute Gasteiger partial charge is 0.252 e. The van der Waals surface area contributed by atoms with Crippen LogP contribution >= 0.6 is 0 Å². The molecule has 0 spiro atoms. The van der Waals surface area contributed by atoms with Crippen molar-refractivity contribution >= 4 is 11.7 Å². The van der Waals surface area contributed by atoms with Gasteiger partial charge in [0.25, 0.3) is 5.91 Å². The van der Waals surface area contributed by atoms with Crippen molar-refractivity contribution in [1.29, 1.82) is 0 Å². The van der Waals surface area contributed by atoms with Crippen LogP contribution in [-0.2, 0) is 4.84 Å². The molecule has 5 nitrogen and oxygen atoms in total. The number of carbonyl (C=O) groups excluding carboxylic acids is 1. The molecule has 0 aliphatic heterocycles. The number of amides is 1. The molecule has 0 saturated heterocycles. The SMILES string of the molecule is CCN(OC)c1nccc(C)c1C(N)=O. The Morgan fingerprint density at radius 1 is 1.67 bits per heavy atom. The molecular formula is C10H15N3O2. The lowest BCUT2D eigenvalue weighted by Gasteiger charge is -2.21. The zero-order valence-electron chi connectivity index (χ0n) is 9.15. The maximum atomic E-state index is 11.3. The molecule has 0 aromatic carbocycles. The van der Waals surface area contributed by atoms with Gasteiger partial charge in [0.2, 0.25) is 0 Å². The summed E-state index contributed by atoms with van der Waals surface area (Å²) in [7, 11) is 1.53. The van der Waals surface area contributed by atoms with Gasteiger partial charge in [-0.25, -0.2) is 10.0 Å². The van der Waals surface area contributed by atoms with E-state index in [0.717, 1.165) is 5.56 Å². The number of pyridine rings is 1. The summed E-state index contributed by atoms with van der Waals surface area (Å²) in [6, 6.07) is 1.74. The Morgan fingerprint density at radius 2 is 2.33 bits per heavy atom. The van der Waals surface area contributed by atoms with Gasteiger partial charge in [0.1, 0.15) is 0 Å². The lowest BCUT2D eigenvalue weighted by Crippen LogP contribution is -2.26. The summed E-state index contributed by atoms with van der Waals surface area (Å²) < 4.78 is 0. The lowest BCUT2D eigenvalue weighted by molar-refractivity contribution is 0.0995. The van der Waals surface area contributed by atoms with Gasteiger partial charge < -0.3 is 5.73 Å². The third kappa shape index (κ3) is 2.24. The molecule has 0 radical (unpaired) electrons. The monoisotopic (exact) mass is 209 g/mol. The number of anilines is 1. The molecule has 0 fully saturated rings. The summed E-state index contributed by atoms with van der Waals surface area (Å²) in [6.07, 6.45) is 1.62. The van der Waals surface area contributed by atoms with Crippen LogP contribution in [0.1, 0.15) is 22.8 Å². The molecule has 0 atom stereocenters. The highest BCUT2D eigenvalue weighted by atomic mass is 16.7. The first-order valence-corrected chi connectivity index (χ1v) is 4.68. The fraction of sp³-hybridized carbons (Fsp3) is 0.400. The first-order chi connectivity index (χ1) is 7.11. The molecule has 1 rings (SSSR count). The van der Waals surface area contributed by atoms with E-state index in [2.05, 4.69) is 4.98 Å². The minimum absolute atomic E-state index is 0.404. The highest BCUT2D eigenvalue weighted by Crippen LogP contribution is 2.20. The molecule has 1 aromatic heterocycles. The van der Waals surface area contributed by atoms with E-state index in [1.165, 1.54) is 12.2 Å². The van der Waals surface area contributed by atoms with Gasteiger partial charge in [-0.05, 0) is 25.5 Å². The molecule has 5 heteroatoms. The predicted octanol–water partition coefficient (Wildman–Crippen LogP) is 0.877. The number of aromatic nitrogens is 1. The average molecular weight is 209 g/mol. The number of aryl methyl sites for hydroxylation is 1. The molecule has 82 valence electrons. The molecule has 0 aliphatic rings. The molecule has 2 N–H and O–H groups in total. The van der Waals surface area contributed by atoms with Crippen molar-refractivity contribution in [3.05, 3.63) is 23.4 Å². The summed E-state index contributed by atoms with van der Waals surface area (Å²) >= 11 is 0. The zero-order chi connectivity index (χ0) is 11.4. The van der Waals surface area contributed by atoms with Crippen molar-refractivity contribution in [3.63, 3.8) is 0 Å². The summed E-state index contributed by atoms with van der Waals surface area (Å²) in [6.45, 7) is 4.31. The summed E-state index contributed by atoms with van der Waals surface area (Å²) in [4.78, 5) is 20.5. The molecule has 0 saturated carbocycles. The van der Waals surface area contributed by atoms with Gasteiger partial charge in [-0.3, -0.25) is 9.63 Å². The number of primary amides is 1. The van der Waals surface area contributed by atoms with Gasteiger partial charge in [0, 0.05) is 12.7 Å². The van der Waals surface area contributed by atoms with Crippen molar-refractivity contribution in [3.8, 4) is 0 Å². The van der Waals surface area contributed by atoms with E-state index in [0.29, 0.717) is 17.9 Å². The van der Waals surface area contributed by atoms with Crippen LogP contribution in [-0.4, -0.2) is 24.5 Å². The Labute approximate surface area is 88.8 Å². The Morgan fingerprint density at radius 3 is 2.80 bits per heavy atom. The van der Waals surface area contributed by atoms with Crippen molar-refractivity contribution in [2.45, 2.75) is 13.8 Å². The fourth-order valence-corrected chi connectivity index (χ4v) is 1.40. The number of hydrogen-bond acceptors (Lipinski definition) is 4. The number of hydroxylamine groups is 1. The van der Waals surface area contributed by atoms with E-state index >= 15 is 0 Å². The normalized spacial score (nSPS) is 10.1. The van der Waals surface area contributed by atoms with E-state index in [1.54, 1.807) is 12.3 Å². The largest absolute Gasteiger partial charge is 0.365 e. The third-order valence-corrected chi connectivity index (χ3v) is 2.13. The highest BCUT2D eigenvalue weighted by Gasteiger charge is 2.17. The Kier molecular flexibility index (Phi) is 3.62. The summed E-state index contributed by atoms with van der Waals surface area (Å²) in [5, 5.41) is 1.52. The van der Waals surface area contributed by atoms with E-state index in [-0.39, 0.29) is 0 Å². The van der Waals surface area contributed by atoms with Crippen molar-refractivity contribution < 1.29 is 9.63 Å². The second kappa shape index (κ2) is 4.75. The van der Waals surface area contributed by atoms with Gasteiger partial charge in [-0.2, -0.15) is 0 Å². The first kappa shape index (κ1) is 11.5. The second-order valence-electron chi connectivity index (χ2n) is 3.07. The van der Waals surface area contributed by atoms with Crippen LogP contribution in [0.4, 0.5) is 5.82 Å². The van der Waals surface area contributed by atoms with Gasteiger partial charge in [-0.15, -0.1) is 0 Å². The zero-order valence-corrected chi connectivity index (χ0v) is 9.15. The Bertz CT molecular complexity index is 362. The standard InChI is InChI=1S/C10H15N3O2/c1-4-13(15-3)10-8(9(11)14)7(2)5-6-12-10/h5-6H,4H2,1-3H3,(H2,11,14). The van der Waals surface area contributed by atoms with E-state index in [4.69, 9.17) is 10.6 Å². The van der Waals surface area contributed by atoms with Gasteiger partial charge in [0.05, 0.1) is 12.7 Å². The third-order valence-electron chi connectivity index (χ3n) is 2.13. The van der Waals surface area contributed by atoms with Crippen LogP contribution in [0.3, 0.4) is 0 Å². The topological polar surface area (TPSA) is 68.4 Å². The molecular weight excluding hydrogens is 194 g/mol. The molecule has 1 heterocycles. The van der Waals surface area contributed by atoms with Crippen LogP contribution in [0.15, 0.2) is 12.3 Å². The van der Waals surface area contributed by atoms with Crippen LogP contribution in [0.25, 0.3) is 0 Å². The molecule has 1 aromatic rings. The number of rotatable bonds is 4. The van der Waals surface area contributed by atoms with Crippen molar-refractivity contribution in [1.82, 2.24) is 4.98 Å². The fourth-order valence-electron chi connectivity index (χ4n) is 1.40. The molecule has 0 aliphatic carbocycles. The van der Waals surface area contributed by atoms with Crippen LogP contribution in [0.2, 0.25) is 0 Å². The minimum Gasteiger partial charge on any atom is -0.365 e. The van der Waals surface area contributed by atoms with Crippen LogP contribution in [0, 0.1) is 6.92 Å². The van der Waals surface area contributed by atoms with Gasteiger partial charge >= 0.3 is 0 Å². The second-order valence-corrected chi connectivity index (χ2v) is 3.07.